The van der Waals surface area contributed by atoms with Crippen molar-refractivity contribution in [3.8, 4) is 0 Å². The summed E-state index contributed by atoms with van der Waals surface area (Å²) in [7, 11) is 0. The van der Waals surface area contributed by atoms with Crippen molar-refractivity contribution >= 4 is 0 Å². The summed E-state index contributed by atoms with van der Waals surface area (Å²) in [4.78, 5) is 8.50. The Balaban J connectivity index is 0. The van der Waals surface area contributed by atoms with Crippen LogP contribution in [0, 0.1) is 10.1 Å². The maximum absolute atomic E-state index is 8.57. The molecule has 0 heterocycles. The second-order valence-electron chi connectivity index (χ2n) is 0.183. The van der Waals surface area contributed by atoms with Gasteiger partial charge < -0.3 is 10.8 Å². The Morgan fingerprint density at radius 1 is 1.80 bits per heavy atom. The normalized spacial score (nSPS) is 4.20. The first kappa shape index (κ1) is 9.65. The average Bonchev–Trinajstić information content (AvgIpc) is 1.37. The average molecular weight is 194 g/mol. The van der Waals surface area contributed by atoms with Gasteiger partial charge in [-0.2, -0.15) is 0 Å². The van der Waals surface area contributed by atoms with E-state index < -0.39 is 0 Å². The van der Waals surface area contributed by atoms with E-state index >= 15 is 0 Å². The zero-order chi connectivity index (χ0) is 3.41. The smallest absolute Gasteiger partial charge is 0.742 e. The van der Waals surface area contributed by atoms with Crippen LogP contribution in [0.2, 0.25) is 0 Å². The summed E-state index contributed by atoms with van der Waals surface area (Å²) < 4.78 is 0. The monoisotopic (exact) mass is 194 g/mol. The third-order valence-corrected chi connectivity index (χ3v) is 0.0373. The van der Waals surface area contributed by atoms with Crippen LogP contribution in [0.25, 0.3) is 0 Å². The van der Waals surface area contributed by atoms with Gasteiger partial charge in [-0.1, -0.05) is 0 Å². The van der Waals surface area contributed by atoms with Crippen LogP contribution >= 0.6 is 0 Å². The number of nitrogens with one attached hydrogen (secondary N) is 1. The molecule has 0 aromatic carbocycles. The van der Waals surface area contributed by atoms with Gasteiger partial charge in [0.2, 0.25) is 0 Å². The fraction of sp³-hybridized carbons (Fsp3) is 0. The largest absolute Gasteiger partial charge is 1.00 e. The van der Waals surface area contributed by atoms with Crippen LogP contribution in [0.15, 0.2) is 5.29 Å². The summed E-state index contributed by atoms with van der Waals surface area (Å²) in [6.07, 6.45) is 0. The van der Waals surface area contributed by atoms with Crippen LogP contribution in [0.4, 0.5) is 0 Å². The van der Waals surface area contributed by atoms with Gasteiger partial charge in [-0.05, 0) is 0 Å². The van der Waals surface area contributed by atoms with Crippen molar-refractivity contribution in [2.24, 2.45) is 5.29 Å². The molecule has 0 amide bonds. The van der Waals surface area contributed by atoms with Crippen LogP contribution < -0.4 is 74.5 Å². The third-order valence-electron chi connectivity index (χ3n) is 0.0373. The van der Waals surface area contributed by atoms with Crippen LogP contribution in [0.1, 0.15) is 0 Å². The van der Waals surface area contributed by atoms with Crippen molar-refractivity contribution in [2.45, 2.75) is 0 Å². The van der Waals surface area contributed by atoms with Crippen LogP contribution in [0.3, 0.4) is 0 Å². The molecular formula is HCsN2O2. The zero-order valence-corrected chi connectivity index (χ0v) is 9.04. The van der Waals surface area contributed by atoms with Crippen molar-refractivity contribution in [3.63, 3.8) is 0 Å². The number of hydrogen-bond acceptors (Lipinski definition) is 3. The Bertz CT molecular complexity index is 21.6. The van der Waals surface area contributed by atoms with E-state index in [1.165, 1.54) is 0 Å². The molecule has 0 aromatic rings. The molecule has 1 N–H and O–H groups in total. The fourth-order valence-corrected chi connectivity index (χ4v) is 0. The first-order valence-electron chi connectivity index (χ1n) is 0.610. The van der Waals surface area contributed by atoms with Gasteiger partial charge in [0, 0.05) is 5.29 Å². The van der Waals surface area contributed by atoms with Crippen LogP contribution in [0.5, 0.6) is 0 Å². The summed E-state index contributed by atoms with van der Waals surface area (Å²) in [5.74, 6) is 0. The van der Waals surface area contributed by atoms with Crippen molar-refractivity contribution < 1.29 is 68.9 Å². The maximum atomic E-state index is 8.57. The number of rotatable bonds is 1. The molecule has 5 heteroatoms. The van der Waals surface area contributed by atoms with E-state index in [2.05, 4.69) is 0 Å². The molecule has 5 heavy (non-hydrogen) atoms. The first-order valence-corrected chi connectivity index (χ1v) is 0.610. The summed E-state index contributed by atoms with van der Waals surface area (Å²) in [5, 5.41) is 10.2. The van der Waals surface area contributed by atoms with E-state index in [4.69, 9.17) is 10.1 Å². The molecule has 0 aromatic heterocycles. The van der Waals surface area contributed by atoms with Gasteiger partial charge in [0.05, 0.1) is 0 Å². The van der Waals surface area contributed by atoms with Gasteiger partial charge in [0.15, 0.2) is 0 Å². The quantitative estimate of drug-likeness (QED) is 0.352. The van der Waals surface area contributed by atoms with Gasteiger partial charge in [0.25, 0.3) is 0 Å². The molecule has 0 saturated heterocycles. The summed E-state index contributed by atoms with van der Waals surface area (Å²) in [5.41, 5.74) is 0.750. The van der Waals surface area contributed by atoms with E-state index in [0.717, 1.165) is 5.59 Å². The van der Waals surface area contributed by atoms with Gasteiger partial charge >= 0.3 is 68.9 Å². The summed E-state index contributed by atoms with van der Waals surface area (Å²) in [6.45, 7) is 0. The van der Waals surface area contributed by atoms with E-state index in [1.807, 2.05) is 0 Å². The van der Waals surface area contributed by atoms with E-state index in [9.17, 15) is 0 Å². The molecule has 4 nitrogen and oxygen atoms in total. The predicted octanol–water partition coefficient (Wildman–Crippen LogP) is -3.24. The second kappa shape index (κ2) is 9.05. The number of hydrogen-bond donors (Lipinski definition) is 1. The van der Waals surface area contributed by atoms with Crippen molar-refractivity contribution in [1.82, 2.24) is 5.59 Å². The van der Waals surface area contributed by atoms with Crippen molar-refractivity contribution in [2.75, 3.05) is 0 Å². The van der Waals surface area contributed by atoms with Gasteiger partial charge in [0.1, 0.15) is 0 Å². The topological polar surface area (TPSA) is 64.5 Å². The first-order chi connectivity index (χ1) is 1.91. The minimum Gasteiger partial charge on any atom is -0.742 e. The molecule has 0 aliphatic rings. The molecule has 0 aliphatic heterocycles. The molecule has 0 fully saturated rings. The molecule has 0 saturated carbocycles. The Kier molecular flexibility index (Phi) is 17.5. The van der Waals surface area contributed by atoms with Crippen LogP contribution in [-0.4, -0.2) is 0 Å². The minimum absolute atomic E-state index is 0. The van der Waals surface area contributed by atoms with E-state index in [-0.39, 0.29) is 68.9 Å². The Morgan fingerprint density at radius 2 is 2.00 bits per heavy atom. The zero-order valence-electron chi connectivity index (χ0n) is 2.76. The fourth-order valence-electron chi connectivity index (χ4n) is 0. The second-order valence-corrected chi connectivity index (χ2v) is 0.183. The molecule has 0 bridgehead atoms. The standard InChI is InChI=1S/Cs.HN2O2/c;3-1-2-4/h;(H-,1,2,3,4)/q+1;-1. The molecule has 0 spiro atoms. The number of nitroso groups, excluding NO2 is 1. The van der Waals surface area contributed by atoms with E-state index in [0.29, 0.717) is 0 Å². The molecule has 0 unspecified atom stereocenters. The van der Waals surface area contributed by atoms with E-state index in [1.54, 1.807) is 5.29 Å². The molecule has 24 valence electrons. The Hall–Kier alpha value is 1.41. The van der Waals surface area contributed by atoms with Crippen molar-refractivity contribution in [1.29, 1.82) is 0 Å². The van der Waals surface area contributed by atoms with Gasteiger partial charge in [-0.15, -0.1) is 4.91 Å². The predicted molar refractivity (Wildman–Crippen MR) is 12.3 cm³/mol. The number of nitrogens with zero attached hydrogens (tertiary/aromatic N) is 1. The van der Waals surface area contributed by atoms with Gasteiger partial charge in [-0.3, -0.25) is 0 Å². The van der Waals surface area contributed by atoms with Crippen LogP contribution in [-0.2, 0) is 0 Å². The Labute approximate surface area is 87.6 Å². The molecule has 0 aliphatic carbocycles. The molecule has 0 radical (unpaired) electrons. The molecule has 0 rings (SSSR count). The SMILES string of the molecule is O=NN[O-].[Cs+]. The molecular weight excluding hydrogens is 193 g/mol. The van der Waals surface area contributed by atoms with Gasteiger partial charge in [-0.25, -0.2) is 0 Å². The molecule has 0 atom stereocenters. The Morgan fingerprint density at radius 3 is 2.00 bits per heavy atom. The summed E-state index contributed by atoms with van der Waals surface area (Å²) >= 11 is 0. The maximum Gasteiger partial charge on any atom is 1.00 e. The third kappa shape index (κ3) is 10.8. The minimum atomic E-state index is 0. The van der Waals surface area contributed by atoms with Crippen molar-refractivity contribution in [3.05, 3.63) is 10.1 Å². The summed E-state index contributed by atoms with van der Waals surface area (Å²) in [6, 6.07) is 0.